The van der Waals surface area contributed by atoms with Crippen LogP contribution in [0.4, 0.5) is 0 Å². The summed E-state index contributed by atoms with van der Waals surface area (Å²) in [5.41, 5.74) is 2.54. The van der Waals surface area contributed by atoms with Gasteiger partial charge in [0.2, 0.25) is 0 Å². The summed E-state index contributed by atoms with van der Waals surface area (Å²) < 4.78 is 0. The molecule has 0 saturated heterocycles. The number of allylic oxidation sites excluding steroid dienone is 1. The number of rotatable bonds is 5. The molecule has 1 N–H and O–H groups in total. The molecule has 1 heterocycles. The molecule has 1 aromatic carbocycles. The van der Waals surface area contributed by atoms with E-state index in [9.17, 15) is 0 Å². The number of hydrogen-bond donors (Lipinski definition) is 1. The van der Waals surface area contributed by atoms with E-state index in [2.05, 4.69) is 54.5 Å². The first-order valence-electron chi connectivity index (χ1n) is 6.53. The summed E-state index contributed by atoms with van der Waals surface area (Å²) in [5.74, 6) is 0. The summed E-state index contributed by atoms with van der Waals surface area (Å²) in [6.07, 6.45) is 7.22. The van der Waals surface area contributed by atoms with Crippen LogP contribution in [-0.4, -0.2) is 18.1 Å². The van der Waals surface area contributed by atoms with Gasteiger partial charge in [-0.15, -0.1) is 0 Å². The van der Waals surface area contributed by atoms with E-state index >= 15 is 0 Å². The van der Waals surface area contributed by atoms with Crippen LogP contribution in [-0.2, 0) is 0 Å². The average Bonchev–Trinajstić information content (AvgIpc) is 2.43. The molecule has 18 heavy (non-hydrogen) atoms. The maximum Gasteiger partial charge on any atom is 0.0349 e. The first kappa shape index (κ1) is 12.8. The second-order valence-electron chi connectivity index (χ2n) is 4.44. The number of fused-ring (bicyclic) bond motifs is 1. The Morgan fingerprint density at radius 1 is 1.28 bits per heavy atom. The standard InChI is InChI=1S/C16H20N2/c1-3-17-10-6-7-13(2)16-12-18-11-14-8-4-5-9-15(14)16/h4-5,7-9,11-12,17H,3,6,10H2,1-2H3. The van der Waals surface area contributed by atoms with Gasteiger partial charge in [0.1, 0.15) is 0 Å². The van der Waals surface area contributed by atoms with Crippen molar-refractivity contribution in [1.29, 1.82) is 0 Å². The zero-order valence-electron chi connectivity index (χ0n) is 11.1. The zero-order chi connectivity index (χ0) is 12.8. The molecular formula is C16H20N2. The second-order valence-corrected chi connectivity index (χ2v) is 4.44. The fraction of sp³-hybridized carbons (Fsp3) is 0.312. The van der Waals surface area contributed by atoms with Crippen molar-refractivity contribution in [2.45, 2.75) is 20.3 Å². The Balaban J connectivity index is 2.24. The lowest BCUT2D eigenvalue weighted by Crippen LogP contribution is -2.13. The minimum absolute atomic E-state index is 1.03. The third kappa shape index (κ3) is 2.96. The van der Waals surface area contributed by atoms with Crippen LogP contribution >= 0.6 is 0 Å². The van der Waals surface area contributed by atoms with E-state index in [0.29, 0.717) is 0 Å². The molecule has 0 spiro atoms. The fourth-order valence-corrected chi connectivity index (χ4v) is 2.11. The lowest BCUT2D eigenvalue weighted by molar-refractivity contribution is 0.727. The first-order chi connectivity index (χ1) is 8.83. The quantitative estimate of drug-likeness (QED) is 0.807. The van der Waals surface area contributed by atoms with Gasteiger partial charge >= 0.3 is 0 Å². The summed E-state index contributed by atoms with van der Waals surface area (Å²) in [6.45, 7) is 6.36. The van der Waals surface area contributed by atoms with Gasteiger partial charge in [-0.05, 0) is 37.4 Å². The van der Waals surface area contributed by atoms with Crippen LogP contribution in [0.1, 0.15) is 25.8 Å². The summed E-state index contributed by atoms with van der Waals surface area (Å²) in [4.78, 5) is 4.32. The minimum Gasteiger partial charge on any atom is -0.317 e. The van der Waals surface area contributed by atoms with Crippen molar-refractivity contribution in [1.82, 2.24) is 10.3 Å². The van der Waals surface area contributed by atoms with Crippen molar-refractivity contribution < 1.29 is 0 Å². The van der Waals surface area contributed by atoms with E-state index in [-0.39, 0.29) is 0 Å². The van der Waals surface area contributed by atoms with Crippen LogP contribution < -0.4 is 5.32 Å². The molecule has 0 aliphatic carbocycles. The molecule has 0 aliphatic rings. The molecule has 94 valence electrons. The van der Waals surface area contributed by atoms with Gasteiger partial charge in [0.05, 0.1) is 0 Å². The molecule has 0 aliphatic heterocycles. The molecule has 0 unspecified atom stereocenters. The number of pyridine rings is 1. The Labute approximate surface area is 109 Å². The van der Waals surface area contributed by atoms with Gasteiger partial charge in [-0.25, -0.2) is 0 Å². The maximum absolute atomic E-state index is 4.32. The number of aromatic nitrogens is 1. The van der Waals surface area contributed by atoms with Crippen molar-refractivity contribution in [3.63, 3.8) is 0 Å². The molecule has 0 fully saturated rings. The highest BCUT2D eigenvalue weighted by atomic mass is 14.8. The zero-order valence-corrected chi connectivity index (χ0v) is 11.1. The van der Waals surface area contributed by atoms with Gasteiger partial charge < -0.3 is 5.32 Å². The summed E-state index contributed by atoms with van der Waals surface area (Å²) in [5, 5.41) is 5.82. The molecule has 0 radical (unpaired) electrons. The van der Waals surface area contributed by atoms with Gasteiger partial charge in [-0.1, -0.05) is 37.3 Å². The van der Waals surface area contributed by atoms with Gasteiger partial charge in [0.25, 0.3) is 0 Å². The van der Waals surface area contributed by atoms with E-state index in [4.69, 9.17) is 0 Å². The smallest absolute Gasteiger partial charge is 0.0349 e. The van der Waals surface area contributed by atoms with Crippen molar-refractivity contribution >= 4 is 16.3 Å². The van der Waals surface area contributed by atoms with Crippen LogP contribution in [0.3, 0.4) is 0 Å². The third-order valence-corrected chi connectivity index (χ3v) is 3.11. The van der Waals surface area contributed by atoms with Gasteiger partial charge in [-0.3, -0.25) is 4.98 Å². The lowest BCUT2D eigenvalue weighted by Gasteiger charge is -2.06. The fourth-order valence-electron chi connectivity index (χ4n) is 2.11. The van der Waals surface area contributed by atoms with E-state index in [1.165, 1.54) is 21.9 Å². The van der Waals surface area contributed by atoms with Crippen LogP contribution in [0, 0.1) is 0 Å². The number of nitrogens with zero attached hydrogens (tertiary/aromatic N) is 1. The Morgan fingerprint density at radius 3 is 2.94 bits per heavy atom. The van der Waals surface area contributed by atoms with Gasteiger partial charge in [0, 0.05) is 23.3 Å². The monoisotopic (exact) mass is 240 g/mol. The molecule has 2 nitrogen and oxygen atoms in total. The largest absolute Gasteiger partial charge is 0.317 e. The van der Waals surface area contributed by atoms with E-state index in [1.807, 2.05) is 12.4 Å². The Bertz CT molecular complexity index is 538. The lowest BCUT2D eigenvalue weighted by atomic mass is 10.0. The van der Waals surface area contributed by atoms with Crippen molar-refractivity contribution in [3.05, 3.63) is 48.3 Å². The SMILES string of the molecule is CCNCCC=C(C)c1cncc2ccccc12. The number of nitrogens with one attached hydrogen (secondary N) is 1. The van der Waals surface area contributed by atoms with E-state index in [0.717, 1.165) is 19.5 Å². The normalized spacial score (nSPS) is 12.0. The summed E-state index contributed by atoms with van der Waals surface area (Å²) >= 11 is 0. The molecule has 0 atom stereocenters. The summed E-state index contributed by atoms with van der Waals surface area (Å²) in [6, 6.07) is 8.40. The highest BCUT2D eigenvalue weighted by Gasteiger charge is 2.02. The Kier molecular flexibility index (Phi) is 4.48. The van der Waals surface area contributed by atoms with Crippen molar-refractivity contribution in [2.24, 2.45) is 0 Å². The topological polar surface area (TPSA) is 24.9 Å². The number of benzene rings is 1. The molecule has 1 aromatic heterocycles. The minimum atomic E-state index is 1.03. The molecule has 2 aromatic rings. The highest BCUT2D eigenvalue weighted by molar-refractivity contribution is 5.92. The van der Waals surface area contributed by atoms with Crippen LogP contribution in [0.2, 0.25) is 0 Å². The van der Waals surface area contributed by atoms with Gasteiger partial charge in [-0.2, -0.15) is 0 Å². The Hall–Kier alpha value is -1.67. The predicted molar refractivity (Wildman–Crippen MR) is 78.6 cm³/mol. The molecule has 2 rings (SSSR count). The van der Waals surface area contributed by atoms with Crippen LogP contribution in [0.5, 0.6) is 0 Å². The van der Waals surface area contributed by atoms with E-state index in [1.54, 1.807) is 0 Å². The Morgan fingerprint density at radius 2 is 2.11 bits per heavy atom. The third-order valence-electron chi connectivity index (χ3n) is 3.11. The first-order valence-corrected chi connectivity index (χ1v) is 6.53. The molecule has 0 amide bonds. The van der Waals surface area contributed by atoms with Crippen molar-refractivity contribution in [2.75, 3.05) is 13.1 Å². The second kappa shape index (κ2) is 6.31. The summed E-state index contributed by atoms with van der Waals surface area (Å²) in [7, 11) is 0. The van der Waals surface area contributed by atoms with Gasteiger partial charge in [0.15, 0.2) is 0 Å². The van der Waals surface area contributed by atoms with Crippen LogP contribution in [0.15, 0.2) is 42.7 Å². The van der Waals surface area contributed by atoms with E-state index < -0.39 is 0 Å². The molecule has 0 saturated carbocycles. The molecule has 2 heteroatoms. The van der Waals surface area contributed by atoms with Crippen molar-refractivity contribution in [3.8, 4) is 0 Å². The predicted octanol–water partition coefficient (Wildman–Crippen LogP) is 3.64. The maximum atomic E-state index is 4.32. The highest BCUT2D eigenvalue weighted by Crippen LogP contribution is 2.23. The molecular weight excluding hydrogens is 220 g/mol. The number of hydrogen-bond acceptors (Lipinski definition) is 2. The molecule has 0 bridgehead atoms. The average molecular weight is 240 g/mol. The van der Waals surface area contributed by atoms with Crippen LogP contribution in [0.25, 0.3) is 16.3 Å².